The van der Waals surface area contributed by atoms with E-state index in [1.54, 1.807) is 0 Å². The van der Waals surface area contributed by atoms with Gasteiger partial charge in [-0.1, -0.05) is 0 Å². The predicted molar refractivity (Wildman–Crippen MR) is 57.9 cm³/mol. The summed E-state index contributed by atoms with van der Waals surface area (Å²) in [5.74, 6) is 0.275. The quantitative estimate of drug-likeness (QED) is 0.675. The third-order valence-electron chi connectivity index (χ3n) is 2.77. The van der Waals surface area contributed by atoms with Gasteiger partial charge < -0.3 is 4.90 Å². The Morgan fingerprint density at radius 3 is 2.36 bits per heavy atom. The van der Waals surface area contributed by atoms with Crippen molar-refractivity contribution in [3.8, 4) is 0 Å². The lowest BCUT2D eigenvalue weighted by Crippen LogP contribution is -2.42. The summed E-state index contributed by atoms with van der Waals surface area (Å²) in [5, 5.41) is 0. The normalized spacial score (nSPS) is 18.1. The van der Waals surface area contributed by atoms with E-state index < -0.39 is 0 Å². The van der Waals surface area contributed by atoms with Crippen LogP contribution in [0.15, 0.2) is 0 Å². The topological polar surface area (TPSA) is 23.6 Å². The maximum atomic E-state index is 11.7. The maximum Gasteiger partial charge on any atom is 0.236 e. The zero-order valence-corrected chi connectivity index (χ0v) is 9.33. The Balaban J connectivity index is 2.30. The summed E-state index contributed by atoms with van der Waals surface area (Å²) in [7, 11) is 0. The average Bonchev–Trinajstić information content (AvgIpc) is 2.21. The van der Waals surface area contributed by atoms with Crippen LogP contribution in [0.2, 0.25) is 0 Å². The molecule has 0 bridgehead atoms. The largest absolute Gasteiger partial charge is 0.342 e. The third-order valence-corrected chi connectivity index (χ3v) is 2.77. The highest BCUT2D eigenvalue weighted by Crippen LogP contribution is 2.07. The Labute approximate surface area is 87.1 Å². The first-order valence-corrected chi connectivity index (χ1v) is 5.59. The molecule has 1 fully saturated rings. The van der Waals surface area contributed by atoms with Crippen molar-refractivity contribution in [3.05, 3.63) is 6.42 Å². The van der Waals surface area contributed by atoms with Crippen LogP contribution in [-0.4, -0.2) is 48.4 Å². The summed E-state index contributed by atoms with van der Waals surface area (Å²) in [5.41, 5.74) is 0. The molecule has 0 N–H and O–H groups in total. The van der Waals surface area contributed by atoms with Crippen molar-refractivity contribution < 1.29 is 4.79 Å². The van der Waals surface area contributed by atoms with Gasteiger partial charge in [0.05, 0.1) is 6.54 Å². The summed E-state index contributed by atoms with van der Waals surface area (Å²) in [6.45, 7) is 8.43. The van der Waals surface area contributed by atoms with Crippen LogP contribution in [0.1, 0.15) is 26.7 Å². The standard InChI is InChI=1S/C11H21N2O/c1-3-13(4-2)11(14)10-12-8-6-5-7-9-12/h5H,3-4,6-10H2,1-2H3. The van der Waals surface area contributed by atoms with Crippen LogP contribution >= 0.6 is 0 Å². The van der Waals surface area contributed by atoms with Gasteiger partial charge in [0.2, 0.25) is 5.91 Å². The summed E-state index contributed by atoms with van der Waals surface area (Å²) in [6.07, 6.45) is 4.56. The van der Waals surface area contributed by atoms with E-state index in [0.717, 1.165) is 39.0 Å². The second-order valence-corrected chi connectivity index (χ2v) is 3.71. The molecule has 1 amide bonds. The number of likely N-dealkylation sites (tertiary alicyclic amines) is 1. The molecule has 0 spiro atoms. The molecule has 3 nitrogen and oxygen atoms in total. The molecule has 1 aliphatic rings. The Morgan fingerprint density at radius 2 is 1.86 bits per heavy atom. The van der Waals surface area contributed by atoms with E-state index >= 15 is 0 Å². The molecule has 0 aromatic heterocycles. The number of piperidine rings is 1. The van der Waals surface area contributed by atoms with Gasteiger partial charge in [-0.25, -0.2) is 0 Å². The number of rotatable bonds is 4. The van der Waals surface area contributed by atoms with Gasteiger partial charge in [-0.05, 0) is 46.2 Å². The van der Waals surface area contributed by atoms with Gasteiger partial charge in [-0.3, -0.25) is 9.69 Å². The second-order valence-electron chi connectivity index (χ2n) is 3.71. The number of hydrogen-bond donors (Lipinski definition) is 0. The summed E-state index contributed by atoms with van der Waals surface area (Å²) >= 11 is 0. The van der Waals surface area contributed by atoms with E-state index in [0.29, 0.717) is 6.54 Å². The van der Waals surface area contributed by atoms with Gasteiger partial charge in [-0.2, -0.15) is 0 Å². The first-order valence-electron chi connectivity index (χ1n) is 5.59. The molecule has 0 unspecified atom stereocenters. The molecule has 1 saturated heterocycles. The molecular weight excluding hydrogens is 176 g/mol. The molecule has 0 saturated carbocycles. The van der Waals surface area contributed by atoms with Crippen LogP contribution in [0.5, 0.6) is 0 Å². The fourth-order valence-corrected chi connectivity index (χ4v) is 1.83. The fourth-order valence-electron chi connectivity index (χ4n) is 1.83. The van der Waals surface area contributed by atoms with Crippen LogP contribution in [0.4, 0.5) is 0 Å². The Hall–Kier alpha value is -0.570. The summed E-state index contributed by atoms with van der Waals surface area (Å²) in [4.78, 5) is 15.9. The second kappa shape index (κ2) is 6.02. The van der Waals surface area contributed by atoms with E-state index in [-0.39, 0.29) is 5.91 Å². The molecule has 0 atom stereocenters. The molecule has 1 radical (unpaired) electrons. The molecule has 1 rings (SSSR count). The van der Waals surface area contributed by atoms with Gasteiger partial charge in [-0.15, -0.1) is 0 Å². The van der Waals surface area contributed by atoms with Gasteiger partial charge in [0, 0.05) is 13.1 Å². The van der Waals surface area contributed by atoms with Gasteiger partial charge in [0.1, 0.15) is 0 Å². The van der Waals surface area contributed by atoms with E-state index in [2.05, 4.69) is 11.3 Å². The van der Waals surface area contributed by atoms with Gasteiger partial charge >= 0.3 is 0 Å². The first kappa shape index (κ1) is 11.5. The lowest BCUT2D eigenvalue weighted by Gasteiger charge is -2.28. The van der Waals surface area contributed by atoms with Crippen molar-refractivity contribution in [1.29, 1.82) is 0 Å². The summed E-state index contributed by atoms with van der Waals surface area (Å²) < 4.78 is 0. The van der Waals surface area contributed by atoms with Crippen LogP contribution in [0, 0.1) is 6.42 Å². The predicted octanol–water partition coefficient (Wildman–Crippen LogP) is 1.15. The lowest BCUT2D eigenvalue weighted by molar-refractivity contribution is -0.132. The average molecular weight is 197 g/mol. The number of nitrogens with zero attached hydrogens (tertiary/aromatic N) is 2. The first-order chi connectivity index (χ1) is 6.77. The minimum absolute atomic E-state index is 0.275. The van der Waals surface area contributed by atoms with Crippen LogP contribution in [0.3, 0.4) is 0 Å². The molecule has 0 aliphatic carbocycles. The minimum atomic E-state index is 0.275. The zero-order chi connectivity index (χ0) is 10.4. The third kappa shape index (κ3) is 3.29. The van der Waals surface area contributed by atoms with Crippen molar-refractivity contribution in [2.75, 3.05) is 32.7 Å². The van der Waals surface area contributed by atoms with Crippen molar-refractivity contribution in [2.24, 2.45) is 0 Å². The van der Waals surface area contributed by atoms with Crippen LogP contribution < -0.4 is 0 Å². The van der Waals surface area contributed by atoms with Crippen LogP contribution in [-0.2, 0) is 4.79 Å². The van der Waals surface area contributed by atoms with Crippen molar-refractivity contribution in [2.45, 2.75) is 26.7 Å². The Kier molecular flexibility index (Phi) is 4.94. The number of hydrogen-bond acceptors (Lipinski definition) is 2. The van der Waals surface area contributed by atoms with E-state index in [1.807, 2.05) is 18.7 Å². The van der Waals surface area contributed by atoms with Gasteiger partial charge in [0.25, 0.3) is 0 Å². The molecule has 1 heterocycles. The van der Waals surface area contributed by atoms with Crippen LogP contribution in [0.25, 0.3) is 0 Å². The fraction of sp³-hybridized carbons (Fsp3) is 0.818. The zero-order valence-electron chi connectivity index (χ0n) is 9.33. The Morgan fingerprint density at radius 1 is 1.29 bits per heavy atom. The van der Waals surface area contributed by atoms with Crippen molar-refractivity contribution in [3.63, 3.8) is 0 Å². The highest BCUT2D eigenvalue weighted by Gasteiger charge is 2.16. The molecular formula is C11H21N2O. The Bertz CT molecular complexity index is 172. The van der Waals surface area contributed by atoms with Gasteiger partial charge in [0.15, 0.2) is 0 Å². The van der Waals surface area contributed by atoms with E-state index in [4.69, 9.17) is 0 Å². The highest BCUT2D eigenvalue weighted by molar-refractivity contribution is 5.78. The van der Waals surface area contributed by atoms with Crippen molar-refractivity contribution in [1.82, 2.24) is 9.80 Å². The molecule has 3 heteroatoms. The molecule has 0 aromatic rings. The molecule has 81 valence electrons. The SMILES string of the molecule is CCN(CC)C(=O)CN1CC[CH]CC1. The smallest absolute Gasteiger partial charge is 0.236 e. The minimum Gasteiger partial charge on any atom is -0.342 e. The monoisotopic (exact) mass is 197 g/mol. The number of likely N-dealkylation sites (N-methyl/N-ethyl adjacent to an activating group) is 1. The molecule has 0 aromatic carbocycles. The van der Waals surface area contributed by atoms with E-state index in [1.165, 1.54) is 0 Å². The lowest BCUT2D eigenvalue weighted by atomic mass is 10.1. The molecule has 1 aliphatic heterocycles. The molecule has 14 heavy (non-hydrogen) atoms. The summed E-state index contributed by atoms with van der Waals surface area (Å²) in [6, 6.07) is 0. The highest BCUT2D eigenvalue weighted by atomic mass is 16.2. The number of amides is 1. The maximum absolute atomic E-state index is 11.7. The van der Waals surface area contributed by atoms with E-state index in [9.17, 15) is 4.79 Å². The van der Waals surface area contributed by atoms with Crippen molar-refractivity contribution >= 4 is 5.91 Å². The number of carbonyl (C=O) groups is 1. The number of carbonyl (C=O) groups excluding carboxylic acids is 1.